The Hall–Kier alpha value is -0.940. The van der Waals surface area contributed by atoms with E-state index in [0.29, 0.717) is 0 Å². The Morgan fingerprint density at radius 2 is 1.45 bits per heavy atom. The van der Waals surface area contributed by atoms with Gasteiger partial charge in [-0.2, -0.15) is 5.06 Å². The number of hydroxylamine groups is 2. The molecular formula is C25H43NO3. The largest absolute Gasteiger partial charge is 0.350 e. The summed E-state index contributed by atoms with van der Waals surface area (Å²) in [4.78, 5) is 6.71. The van der Waals surface area contributed by atoms with Gasteiger partial charge >= 0.3 is 0 Å². The minimum Gasteiger partial charge on any atom is -0.350 e. The summed E-state index contributed by atoms with van der Waals surface area (Å²) < 4.78 is 12.9. The van der Waals surface area contributed by atoms with Crippen LogP contribution in [0.15, 0.2) is 30.3 Å². The quantitative estimate of drug-likeness (QED) is 0.385. The fraction of sp³-hybridized carbons (Fsp3) is 0.760. The molecule has 0 spiro atoms. The molecule has 166 valence electrons. The van der Waals surface area contributed by atoms with Gasteiger partial charge in [0.25, 0.3) is 0 Å². The number of ether oxygens (including phenoxy) is 2. The molecule has 0 aromatic heterocycles. The van der Waals surface area contributed by atoms with Gasteiger partial charge in [-0.15, -0.1) is 0 Å². The second-order valence-corrected chi connectivity index (χ2v) is 9.16. The number of rotatable bonds is 11. The van der Waals surface area contributed by atoms with Gasteiger partial charge in [0.05, 0.1) is 5.54 Å². The van der Waals surface area contributed by atoms with E-state index in [2.05, 4.69) is 77.8 Å². The van der Waals surface area contributed by atoms with Gasteiger partial charge in [-0.25, -0.2) is 0 Å². The van der Waals surface area contributed by atoms with Crippen molar-refractivity contribution in [1.29, 1.82) is 0 Å². The lowest BCUT2D eigenvalue weighted by atomic mass is 9.73. The molecule has 4 heteroatoms. The third-order valence-electron chi connectivity index (χ3n) is 6.27. The van der Waals surface area contributed by atoms with Gasteiger partial charge in [-0.1, -0.05) is 58.0 Å². The monoisotopic (exact) mass is 405 g/mol. The lowest BCUT2D eigenvalue weighted by molar-refractivity contribution is -0.375. The zero-order valence-electron chi connectivity index (χ0n) is 19.8. The van der Waals surface area contributed by atoms with Crippen LogP contribution in [0.25, 0.3) is 0 Å². The van der Waals surface area contributed by atoms with Crippen molar-refractivity contribution >= 4 is 0 Å². The van der Waals surface area contributed by atoms with E-state index in [0.717, 1.165) is 51.7 Å². The van der Waals surface area contributed by atoms with Crippen molar-refractivity contribution in [3.05, 3.63) is 35.9 Å². The molecule has 0 aliphatic carbocycles. The molecule has 1 heterocycles. The van der Waals surface area contributed by atoms with Crippen LogP contribution < -0.4 is 0 Å². The number of piperidine rings is 1. The van der Waals surface area contributed by atoms with Gasteiger partial charge in [0.15, 0.2) is 5.79 Å². The highest BCUT2D eigenvalue weighted by Crippen LogP contribution is 2.50. The molecule has 0 amide bonds. The molecule has 4 nitrogen and oxygen atoms in total. The van der Waals surface area contributed by atoms with E-state index in [1.165, 1.54) is 5.56 Å². The molecule has 0 bridgehead atoms. The number of hydrogen-bond acceptors (Lipinski definition) is 4. The smallest absolute Gasteiger partial charge is 0.171 e. The van der Waals surface area contributed by atoms with Crippen LogP contribution in [0, 0.1) is 0 Å². The van der Waals surface area contributed by atoms with Crippen molar-refractivity contribution < 1.29 is 14.3 Å². The van der Waals surface area contributed by atoms with Crippen LogP contribution in [0.1, 0.15) is 98.7 Å². The average Bonchev–Trinajstić information content (AvgIpc) is 2.73. The maximum absolute atomic E-state index is 6.71. The molecule has 29 heavy (non-hydrogen) atoms. The Morgan fingerprint density at radius 1 is 0.897 bits per heavy atom. The summed E-state index contributed by atoms with van der Waals surface area (Å²) in [6.07, 6.45) is 5.58. The zero-order valence-corrected chi connectivity index (χ0v) is 19.8. The van der Waals surface area contributed by atoms with E-state index >= 15 is 0 Å². The van der Waals surface area contributed by atoms with Crippen molar-refractivity contribution in [2.75, 3.05) is 13.2 Å². The van der Waals surface area contributed by atoms with E-state index < -0.39 is 5.79 Å². The molecule has 0 N–H and O–H groups in total. The molecule has 1 atom stereocenters. The first-order valence-electron chi connectivity index (χ1n) is 11.6. The van der Waals surface area contributed by atoms with Crippen molar-refractivity contribution in [3.63, 3.8) is 0 Å². The van der Waals surface area contributed by atoms with Gasteiger partial charge in [0, 0.05) is 31.6 Å². The molecule has 1 fully saturated rings. The van der Waals surface area contributed by atoms with E-state index in [-0.39, 0.29) is 17.2 Å². The van der Waals surface area contributed by atoms with Crippen LogP contribution in [0.2, 0.25) is 0 Å². The van der Waals surface area contributed by atoms with E-state index in [1.54, 1.807) is 0 Å². The van der Waals surface area contributed by atoms with Gasteiger partial charge in [-0.05, 0) is 52.0 Å². The summed E-state index contributed by atoms with van der Waals surface area (Å²) in [6.45, 7) is 17.0. The summed E-state index contributed by atoms with van der Waals surface area (Å²) in [5.41, 5.74) is 0.854. The first kappa shape index (κ1) is 24.3. The van der Waals surface area contributed by atoms with Crippen LogP contribution in [0.4, 0.5) is 0 Å². The number of nitrogens with zero attached hydrogens (tertiary/aromatic N) is 1. The van der Waals surface area contributed by atoms with E-state index in [4.69, 9.17) is 14.3 Å². The molecule has 0 radical (unpaired) electrons. The van der Waals surface area contributed by atoms with E-state index in [9.17, 15) is 0 Å². The molecule has 1 aliphatic heterocycles. The maximum Gasteiger partial charge on any atom is 0.171 e. The van der Waals surface area contributed by atoms with Crippen molar-refractivity contribution in [1.82, 2.24) is 5.06 Å². The first-order valence-corrected chi connectivity index (χ1v) is 11.6. The summed E-state index contributed by atoms with van der Waals surface area (Å²) >= 11 is 0. The Labute approximate surface area is 178 Å². The maximum atomic E-state index is 6.71. The normalized spacial score (nSPS) is 21.8. The third-order valence-corrected chi connectivity index (χ3v) is 6.27. The topological polar surface area (TPSA) is 30.9 Å². The molecular weight excluding hydrogens is 362 g/mol. The van der Waals surface area contributed by atoms with Crippen molar-refractivity contribution in [2.24, 2.45) is 0 Å². The number of benzene rings is 1. The third kappa shape index (κ3) is 5.61. The van der Waals surface area contributed by atoms with Gasteiger partial charge in [0.2, 0.25) is 0 Å². The lowest BCUT2D eigenvalue weighted by Crippen LogP contribution is -2.68. The molecule has 1 aromatic carbocycles. The summed E-state index contributed by atoms with van der Waals surface area (Å²) in [7, 11) is 0. The van der Waals surface area contributed by atoms with Crippen LogP contribution in [0.3, 0.4) is 0 Å². The second-order valence-electron chi connectivity index (χ2n) is 9.16. The second kappa shape index (κ2) is 10.4. The first-order chi connectivity index (χ1) is 13.8. The van der Waals surface area contributed by atoms with Crippen LogP contribution >= 0.6 is 0 Å². The summed E-state index contributed by atoms with van der Waals surface area (Å²) in [6, 6.07) is 10.5. The van der Waals surface area contributed by atoms with Gasteiger partial charge in [-0.3, -0.25) is 4.84 Å². The molecule has 1 unspecified atom stereocenters. The Kier molecular flexibility index (Phi) is 8.72. The summed E-state index contributed by atoms with van der Waals surface area (Å²) in [5.74, 6) is -0.544. The Bertz CT molecular complexity index is 589. The molecule has 2 rings (SSSR count). The van der Waals surface area contributed by atoms with Crippen LogP contribution in [-0.4, -0.2) is 35.1 Å². The van der Waals surface area contributed by atoms with E-state index in [1.807, 2.05) is 6.07 Å². The molecule has 1 aromatic rings. The molecule has 0 saturated carbocycles. The van der Waals surface area contributed by atoms with Gasteiger partial charge < -0.3 is 9.47 Å². The van der Waals surface area contributed by atoms with Crippen molar-refractivity contribution in [2.45, 2.75) is 110 Å². The highest BCUT2D eigenvalue weighted by atomic mass is 16.7. The predicted molar refractivity (Wildman–Crippen MR) is 120 cm³/mol. The predicted octanol–water partition coefficient (Wildman–Crippen LogP) is 6.66. The Balaban J connectivity index is 2.36. The van der Waals surface area contributed by atoms with Crippen molar-refractivity contribution in [3.8, 4) is 0 Å². The highest BCUT2D eigenvalue weighted by Gasteiger charge is 2.57. The minimum absolute atomic E-state index is 0.00595. The fourth-order valence-corrected chi connectivity index (χ4v) is 4.82. The molecule has 1 aliphatic rings. The van der Waals surface area contributed by atoms with Gasteiger partial charge in [0.1, 0.15) is 6.10 Å². The minimum atomic E-state index is -0.544. The fourth-order valence-electron chi connectivity index (χ4n) is 4.82. The zero-order chi connectivity index (χ0) is 21.5. The van der Waals surface area contributed by atoms with Crippen LogP contribution in [0.5, 0.6) is 0 Å². The highest BCUT2D eigenvalue weighted by molar-refractivity contribution is 5.17. The SMILES string of the molecule is CCCOC1(OCCC)CC(C)(C)N(OC(C)c2ccccc2)C(CC)(CC)C1. The average molecular weight is 406 g/mol. The Morgan fingerprint density at radius 3 is 1.93 bits per heavy atom. The standard InChI is InChI=1S/C25H43NO3/c1-8-17-27-25(28-18-9-2)19-23(6,7)26(24(10-3,11-4)20-25)29-21(5)22-15-13-12-14-16-22/h12-16,21H,8-11,17-20H2,1-7H3. The van der Waals surface area contributed by atoms with Crippen LogP contribution in [-0.2, 0) is 14.3 Å². The molecule has 1 saturated heterocycles. The summed E-state index contributed by atoms with van der Waals surface area (Å²) in [5, 5.41) is 2.29. The number of hydrogen-bond donors (Lipinski definition) is 0. The lowest BCUT2D eigenvalue weighted by Gasteiger charge is -2.60.